The van der Waals surface area contributed by atoms with Crippen molar-refractivity contribution in [2.45, 2.75) is 46.1 Å². The summed E-state index contributed by atoms with van der Waals surface area (Å²) in [5.74, 6) is 1.34. The number of carbonyl (C=O) groups is 1. The molecule has 176 valence electrons. The number of nitrogens with zero attached hydrogens (tertiary/aromatic N) is 1. The van der Waals surface area contributed by atoms with Crippen LogP contribution in [0.4, 0.5) is 0 Å². The second-order valence-corrected chi connectivity index (χ2v) is 7.59. The molecule has 0 saturated carbocycles. The van der Waals surface area contributed by atoms with E-state index in [9.17, 15) is 4.79 Å². The summed E-state index contributed by atoms with van der Waals surface area (Å²) in [5, 5.41) is 9.55. The van der Waals surface area contributed by atoms with Crippen molar-refractivity contribution in [1.82, 2.24) is 16.0 Å². The number of nitrogens with one attached hydrogen (secondary N) is 3. The van der Waals surface area contributed by atoms with Gasteiger partial charge in [0.05, 0.1) is 19.8 Å². The molecule has 1 aliphatic rings. The monoisotopic (exact) mass is 546 g/mol. The Morgan fingerprint density at radius 1 is 1.13 bits per heavy atom. The van der Waals surface area contributed by atoms with E-state index in [0.717, 1.165) is 83.3 Å². The van der Waals surface area contributed by atoms with Crippen molar-refractivity contribution in [3.05, 3.63) is 35.4 Å². The highest BCUT2D eigenvalue weighted by Gasteiger charge is 2.15. The van der Waals surface area contributed by atoms with Crippen LogP contribution in [0.15, 0.2) is 29.3 Å². The summed E-state index contributed by atoms with van der Waals surface area (Å²) in [7, 11) is 0. The molecule has 3 N–H and O–H groups in total. The maximum absolute atomic E-state index is 12.1. The van der Waals surface area contributed by atoms with E-state index in [2.05, 4.69) is 34.8 Å². The van der Waals surface area contributed by atoms with E-state index in [0.29, 0.717) is 18.0 Å². The Labute approximate surface area is 204 Å². The van der Waals surface area contributed by atoms with Gasteiger partial charge in [-0.1, -0.05) is 25.5 Å². The molecule has 0 bridgehead atoms. The number of amides is 1. The quantitative estimate of drug-likeness (QED) is 0.153. The first-order chi connectivity index (χ1) is 14.7. The van der Waals surface area contributed by atoms with E-state index < -0.39 is 0 Å². The van der Waals surface area contributed by atoms with Gasteiger partial charge in [0.1, 0.15) is 0 Å². The lowest BCUT2D eigenvalue weighted by molar-refractivity contribution is 0.0888. The first-order valence-corrected chi connectivity index (χ1v) is 11.3. The van der Waals surface area contributed by atoms with Crippen LogP contribution in [0.5, 0.6) is 0 Å². The number of carbonyl (C=O) groups excluding carboxylic acids is 1. The number of hydrogen-bond acceptors (Lipinski definition) is 4. The summed E-state index contributed by atoms with van der Waals surface area (Å²) in [6, 6.07) is 7.64. The maximum Gasteiger partial charge on any atom is 0.251 e. The van der Waals surface area contributed by atoms with Crippen molar-refractivity contribution in [2.75, 3.05) is 46.1 Å². The van der Waals surface area contributed by atoms with Crippen molar-refractivity contribution in [3.63, 3.8) is 0 Å². The smallest absolute Gasteiger partial charge is 0.251 e. The highest BCUT2D eigenvalue weighted by Crippen LogP contribution is 2.12. The van der Waals surface area contributed by atoms with Gasteiger partial charge in [-0.25, -0.2) is 4.99 Å². The second-order valence-electron chi connectivity index (χ2n) is 7.59. The summed E-state index contributed by atoms with van der Waals surface area (Å²) in [4.78, 5) is 16.7. The molecule has 1 aromatic rings. The molecule has 1 aromatic carbocycles. The SMILES string of the molecule is CCCCNC(=O)c1ccc(CN=C(NCC)NCCCOCC2CCOC2)cc1.I. The zero-order valence-electron chi connectivity index (χ0n) is 19.0. The fourth-order valence-electron chi connectivity index (χ4n) is 3.10. The van der Waals surface area contributed by atoms with Gasteiger partial charge in [0.25, 0.3) is 5.91 Å². The topological polar surface area (TPSA) is 84.0 Å². The lowest BCUT2D eigenvalue weighted by atomic mass is 10.1. The molecule has 0 aromatic heterocycles. The molecule has 8 heteroatoms. The molecule has 2 rings (SSSR count). The van der Waals surface area contributed by atoms with Crippen LogP contribution in [0, 0.1) is 5.92 Å². The Hall–Kier alpha value is -1.39. The minimum absolute atomic E-state index is 0. The molecule has 1 fully saturated rings. The van der Waals surface area contributed by atoms with Crippen LogP contribution in [0.2, 0.25) is 0 Å². The van der Waals surface area contributed by atoms with Gasteiger partial charge in [-0.2, -0.15) is 0 Å². The van der Waals surface area contributed by atoms with Crippen molar-refractivity contribution in [1.29, 1.82) is 0 Å². The van der Waals surface area contributed by atoms with Gasteiger partial charge in [-0.05, 0) is 43.9 Å². The Kier molecular flexibility index (Phi) is 15.3. The zero-order chi connectivity index (χ0) is 21.4. The van der Waals surface area contributed by atoms with Gasteiger partial charge >= 0.3 is 0 Å². The molecule has 1 saturated heterocycles. The predicted octanol–water partition coefficient (Wildman–Crippen LogP) is 3.33. The standard InChI is InChI=1S/C23H38N4O3.HI/c1-3-5-12-25-22(28)21-9-7-19(8-10-21)16-27-23(24-4-2)26-13-6-14-29-17-20-11-15-30-18-20;/h7-10,20H,3-6,11-18H2,1-2H3,(H,25,28)(H2,24,26,27);1H. The fourth-order valence-corrected chi connectivity index (χ4v) is 3.10. The largest absolute Gasteiger partial charge is 0.381 e. The van der Waals surface area contributed by atoms with Crippen molar-refractivity contribution < 1.29 is 14.3 Å². The molecule has 1 atom stereocenters. The van der Waals surface area contributed by atoms with Crippen LogP contribution in [0.1, 0.15) is 55.5 Å². The number of hydrogen-bond donors (Lipinski definition) is 3. The number of ether oxygens (including phenoxy) is 2. The average molecular weight is 546 g/mol. The molecular weight excluding hydrogens is 507 g/mol. The predicted molar refractivity (Wildman–Crippen MR) is 136 cm³/mol. The van der Waals surface area contributed by atoms with E-state index in [1.807, 2.05) is 24.3 Å². The third kappa shape index (κ3) is 11.7. The molecule has 1 heterocycles. The maximum atomic E-state index is 12.1. The van der Waals surface area contributed by atoms with Gasteiger partial charge in [-0.15, -0.1) is 24.0 Å². The summed E-state index contributed by atoms with van der Waals surface area (Å²) in [5.41, 5.74) is 1.76. The van der Waals surface area contributed by atoms with E-state index in [-0.39, 0.29) is 29.9 Å². The van der Waals surface area contributed by atoms with Gasteiger partial charge in [0.2, 0.25) is 0 Å². The molecule has 0 spiro atoms. The van der Waals surface area contributed by atoms with Gasteiger partial charge in [-0.3, -0.25) is 4.79 Å². The first-order valence-electron chi connectivity index (χ1n) is 11.3. The third-order valence-corrected chi connectivity index (χ3v) is 4.93. The molecule has 1 amide bonds. The number of benzene rings is 1. The summed E-state index contributed by atoms with van der Waals surface area (Å²) >= 11 is 0. The number of aliphatic imine (C=N–C) groups is 1. The minimum atomic E-state index is -0.0174. The van der Waals surface area contributed by atoms with Crippen molar-refractivity contribution in [2.24, 2.45) is 10.9 Å². The van der Waals surface area contributed by atoms with Crippen molar-refractivity contribution in [3.8, 4) is 0 Å². The van der Waals surface area contributed by atoms with E-state index in [1.54, 1.807) is 0 Å². The Balaban J connectivity index is 0.00000480. The van der Waals surface area contributed by atoms with E-state index in [4.69, 9.17) is 9.47 Å². The Morgan fingerprint density at radius 2 is 1.90 bits per heavy atom. The molecule has 31 heavy (non-hydrogen) atoms. The van der Waals surface area contributed by atoms with Gasteiger partial charge < -0.3 is 25.4 Å². The summed E-state index contributed by atoms with van der Waals surface area (Å²) < 4.78 is 11.1. The fraction of sp³-hybridized carbons (Fsp3) is 0.652. The molecule has 7 nitrogen and oxygen atoms in total. The van der Waals surface area contributed by atoms with Gasteiger partial charge in [0.15, 0.2) is 5.96 Å². The molecule has 1 unspecified atom stereocenters. The lowest BCUT2D eigenvalue weighted by Gasteiger charge is -2.12. The van der Waals surface area contributed by atoms with E-state index in [1.165, 1.54) is 0 Å². The molecular formula is C23H39IN4O3. The summed E-state index contributed by atoms with van der Waals surface area (Å²) in [6.45, 7) is 10.3. The third-order valence-electron chi connectivity index (χ3n) is 4.93. The first kappa shape index (κ1) is 27.6. The van der Waals surface area contributed by atoms with Crippen LogP contribution in [0.25, 0.3) is 0 Å². The Bertz CT molecular complexity index is 634. The van der Waals surface area contributed by atoms with Gasteiger partial charge in [0, 0.05) is 44.3 Å². The number of halogens is 1. The normalized spacial score (nSPS) is 15.9. The van der Waals surface area contributed by atoms with Crippen molar-refractivity contribution >= 4 is 35.8 Å². The Morgan fingerprint density at radius 3 is 2.58 bits per heavy atom. The van der Waals surface area contributed by atoms with Crippen LogP contribution in [-0.2, 0) is 16.0 Å². The van der Waals surface area contributed by atoms with Crippen LogP contribution < -0.4 is 16.0 Å². The molecule has 0 aliphatic carbocycles. The zero-order valence-corrected chi connectivity index (χ0v) is 21.3. The second kappa shape index (κ2) is 17.2. The van der Waals surface area contributed by atoms with E-state index >= 15 is 0 Å². The highest BCUT2D eigenvalue weighted by molar-refractivity contribution is 14.0. The number of unbranched alkanes of at least 4 members (excludes halogenated alkanes) is 1. The minimum Gasteiger partial charge on any atom is -0.381 e. The van der Waals surface area contributed by atoms with Crippen LogP contribution in [0.3, 0.4) is 0 Å². The van der Waals surface area contributed by atoms with Crippen LogP contribution >= 0.6 is 24.0 Å². The summed E-state index contributed by atoms with van der Waals surface area (Å²) in [6.07, 6.45) is 4.11. The number of guanidine groups is 1. The lowest BCUT2D eigenvalue weighted by Crippen LogP contribution is -2.38. The molecule has 1 aliphatic heterocycles. The van der Waals surface area contributed by atoms with Crippen LogP contribution in [-0.4, -0.2) is 57.9 Å². The average Bonchev–Trinajstić information content (AvgIpc) is 3.28. The molecule has 0 radical (unpaired) electrons. The highest BCUT2D eigenvalue weighted by atomic mass is 127. The number of rotatable bonds is 13.